The largest absolute Gasteiger partial charge is 0.493 e. The van der Waals surface area contributed by atoms with Gasteiger partial charge in [0, 0.05) is 32.8 Å². The van der Waals surface area contributed by atoms with Gasteiger partial charge >= 0.3 is 0 Å². The van der Waals surface area contributed by atoms with Crippen molar-refractivity contribution in [3.05, 3.63) is 50.7 Å². The summed E-state index contributed by atoms with van der Waals surface area (Å²) in [4.78, 5) is 13.3. The van der Waals surface area contributed by atoms with Gasteiger partial charge in [0.05, 0.1) is 11.5 Å². The standard InChI is InChI=1S/C16H11ClO2S2/c17-11-5-9-1-3-19-16(9)10(6-11)7-12(18)14-8-15-13(21-14)2-4-20-15/h2,4-6,8H,1,3,7H2. The fourth-order valence-corrected chi connectivity index (χ4v) is 4.95. The highest BCUT2D eigenvalue weighted by molar-refractivity contribution is 7.27. The van der Waals surface area contributed by atoms with Gasteiger partial charge in [-0.05, 0) is 35.2 Å². The van der Waals surface area contributed by atoms with Crippen molar-refractivity contribution in [3.63, 3.8) is 0 Å². The maximum atomic E-state index is 12.5. The molecule has 2 aromatic heterocycles. The summed E-state index contributed by atoms with van der Waals surface area (Å²) in [6.07, 6.45) is 1.21. The van der Waals surface area contributed by atoms with Crippen LogP contribution in [0.25, 0.3) is 9.40 Å². The number of carbonyl (C=O) groups is 1. The summed E-state index contributed by atoms with van der Waals surface area (Å²) in [7, 11) is 0. The van der Waals surface area contributed by atoms with Crippen LogP contribution in [0.1, 0.15) is 20.8 Å². The fourth-order valence-electron chi connectivity index (χ4n) is 2.64. The first-order valence-electron chi connectivity index (χ1n) is 6.65. The van der Waals surface area contributed by atoms with Crippen molar-refractivity contribution in [2.75, 3.05) is 6.61 Å². The van der Waals surface area contributed by atoms with E-state index >= 15 is 0 Å². The van der Waals surface area contributed by atoms with Gasteiger partial charge < -0.3 is 4.74 Å². The van der Waals surface area contributed by atoms with E-state index in [4.69, 9.17) is 16.3 Å². The van der Waals surface area contributed by atoms with Crippen LogP contribution >= 0.6 is 34.3 Å². The number of thiophene rings is 2. The third-order valence-electron chi connectivity index (χ3n) is 3.59. The van der Waals surface area contributed by atoms with Gasteiger partial charge in [0.25, 0.3) is 0 Å². The van der Waals surface area contributed by atoms with Gasteiger partial charge in [0.15, 0.2) is 5.78 Å². The molecule has 106 valence electrons. The Bertz CT molecular complexity index is 819. The van der Waals surface area contributed by atoms with E-state index in [1.807, 2.05) is 23.6 Å². The number of halogens is 1. The van der Waals surface area contributed by atoms with Crippen molar-refractivity contribution in [3.8, 4) is 5.75 Å². The first-order valence-corrected chi connectivity index (χ1v) is 8.72. The predicted molar refractivity (Wildman–Crippen MR) is 88.4 cm³/mol. The van der Waals surface area contributed by atoms with Crippen molar-refractivity contribution < 1.29 is 9.53 Å². The van der Waals surface area contributed by atoms with Crippen LogP contribution in [-0.2, 0) is 12.8 Å². The summed E-state index contributed by atoms with van der Waals surface area (Å²) in [6, 6.07) is 7.82. The smallest absolute Gasteiger partial charge is 0.177 e. The summed E-state index contributed by atoms with van der Waals surface area (Å²) >= 11 is 9.36. The zero-order valence-electron chi connectivity index (χ0n) is 11.0. The minimum absolute atomic E-state index is 0.128. The molecule has 0 fully saturated rings. The molecule has 0 saturated heterocycles. The molecule has 0 bridgehead atoms. The molecule has 0 N–H and O–H groups in total. The number of ether oxygens (including phenoxy) is 1. The number of hydrogen-bond donors (Lipinski definition) is 0. The zero-order chi connectivity index (χ0) is 14.4. The molecule has 0 unspecified atom stereocenters. The van der Waals surface area contributed by atoms with Crippen LogP contribution < -0.4 is 4.74 Å². The van der Waals surface area contributed by atoms with E-state index in [1.54, 1.807) is 22.7 Å². The van der Waals surface area contributed by atoms with E-state index in [2.05, 4.69) is 6.07 Å². The molecular weight excluding hydrogens is 324 g/mol. The number of fused-ring (bicyclic) bond motifs is 2. The Morgan fingerprint density at radius 1 is 1.29 bits per heavy atom. The molecule has 1 aromatic carbocycles. The van der Waals surface area contributed by atoms with E-state index in [-0.39, 0.29) is 5.78 Å². The first-order chi connectivity index (χ1) is 10.2. The second-order valence-corrected chi connectivity index (χ2v) is 7.48. The summed E-state index contributed by atoms with van der Waals surface area (Å²) in [5, 5.41) is 2.72. The van der Waals surface area contributed by atoms with Gasteiger partial charge in [-0.2, -0.15) is 0 Å². The monoisotopic (exact) mass is 334 g/mol. The average Bonchev–Trinajstić information content (AvgIpc) is 3.12. The highest BCUT2D eigenvalue weighted by Gasteiger charge is 2.20. The van der Waals surface area contributed by atoms with Crippen molar-refractivity contribution in [1.82, 2.24) is 0 Å². The predicted octanol–water partition coefficient (Wildman–Crippen LogP) is 4.98. The Morgan fingerprint density at radius 2 is 2.19 bits per heavy atom. The fraction of sp³-hybridized carbons (Fsp3) is 0.188. The van der Waals surface area contributed by atoms with Crippen LogP contribution in [0.2, 0.25) is 5.02 Å². The summed E-state index contributed by atoms with van der Waals surface area (Å²) in [5.74, 6) is 0.981. The number of carbonyl (C=O) groups excluding carboxylic acids is 1. The number of ketones is 1. The number of rotatable bonds is 3. The quantitative estimate of drug-likeness (QED) is 0.632. The second-order valence-electron chi connectivity index (χ2n) is 5.01. The molecule has 1 aliphatic rings. The van der Waals surface area contributed by atoms with Crippen LogP contribution in [0, 0.1) is 0 Å². The molecule has 0 radical (unpaired) electrons. The third kappa shape index (κ3) is 2.37. The normalized spacial score (nSPS) is 13.4. The lowest BCUT2D eigenvalue weighted by Gasteiger charge is -2.07. The second kappa shape index (κ2) is 5.13. The van der Waals surface area contributed by atoms with Crippen LogP contribution in [-0.4, -0.2) is 12.4 Å². The Labute approximate surface area is 134 Å². The van der Waals surface area contributed by atoms with Crippen molar-refractivity contribution in [2.45, 2.75) is 12.8 Å². The van der Waals surface area contributed by atoms with E-state index in [9.17, 15) is 4.79 Å². The lowest BCUT2D eigenvalue weighted by Crippen LogP contribution is -2.03. The molecule has 21 heavy (non-hydrogen) atoms. The molecule has 0 spiro atoms. The molecule has 0 aliphatic carbocycles. The third-order valence-corrected chi connectivity index (χ3v) is 5.94. The number of Topliss-reactive ketones (excluding diaryl/α,β-unsaturated/α-hetero) is 1. The highest BCUT2D eigenvalue weighted by atomic mass is 35.5. The maximum absolute atomic E-state index is 12.5. The van der Waals surface area contributed by atoms with Crippen LogP contribution in [0.3, 0.4) is 0 Å². The van der Waals surface area contributed by atoms with Crippen LogP contribution in [0.15, 0.2) is 29.6 Å². The molecule has 1 aliphatic heterocycles. The van der Waals surface area contributed by atoms with Gasteiger partial charge in [-0.1, -0.05) is 11.6 Å². The molecular formula is C16H11ClO2S2. The molecule has 3 heterocycles. The Hall–Kier alpha value is -1.36. The van der Waals surface area contributed by atoms with E-state index in [0.717, 1.165) is 28.2 Å². The molecule has 3 aromatic rings. The minimum atomic E-state index is 0.128. The molecule has 2 nitrogen and oxygen atoms in total. The Morgan fingerprint density at radius 3 is 3.05 bits per heavy atom. The lowest BCUT2D eigenvalue weighted by molar-refractivity contribution is 0.0996. The Balaban J connectivity index is 1.67. The molecule has 4 rings (SSSR count). The average molecular weight is 335 g/mol. The molecule has 0 amide bonds. The van der Waals surface area contributed by atoms with Gasteiger partial charge in [0.1, 0.15) is 5.75 Å². The zero-order valence-corrected chi connectivity index (χ0v) is 13.4. The highest BCUT2D eigenvalue weighted by Crippen LogP contribution is 2.35. The van der Waals surface area contributed by atoms with Crippen molar-refractivity contribution in [1.29, 1.82) is 0 Å². The van der Waals surface area contributed by atoms with Gasteiger partial charge in [-0.25, -0.2) is 0 Å². The maximum Gasteiger partial charge on any atom is 0.177 e. The summed E-state index contributed by atoms with van der Waals surface area (Å²) < 4.78 is 8.01. The van der Waals surface area contributed by atoms with E-state index in [1.165, 1.54) is 9.40 Å². The minimum Gasteiger partial charge on any atom is -0.493 e. The molecule has 0 saturated carbocycles. The van der Waals surface area contributed by atoms with E-state index < -0.39 is 0 Å². The summed E-state index contributed by atoms with van der Waals surface area (Å²) in [5.41, 5.74) is 2.01. The van der Waals surface area contributed by atoms with Crippen LogP contribution in [0.5, 0.6) is 5.75 Å². The molecule has 0 atom stereocenters. The first kappa shape index (κ1) is 13.3. The molecule has 5 heteroatoms. The van der Waals surface area contributed by atoms with E-state index in [0.29, 0.717) is 18.1 Å². The van der Waals surface area contributed by atoms with Gasteiger partial charge in [0.2, 0.25) is 0 Å². The number of hydrogen-bond acceptors (Lipinski definition) is 4. The Kier molecular flexibility index (Phi) is 3.25. The van der Waals surface area contributed by atoms with Crippen LogP contribution in [0.4, 0.5) is 0 Å². The SMILES string of the molecule is O=C(Cc1cc(Cl)cc2c1OCC2)c1cc2sccc2s1. The topological polar surface area (TPSA) is 26.3 Å². The lowest BCUT2D eigenvalue weighted by atomic mass is 10.0. The van der Waals surface area contributed by atoms with Gasteiger partial charge in [-0.3, -0.25) is 4.79 Å². The van der Waals surface area contributed by atoms with Gasteiger partial charge in [-0.15, -0.1) is 22.7 Å². The summed E-state index contributed by atoms with van der Waals surface area (Å²) in [6.45, 7) is 0.672. The van der Waals surface area contributed by atoms with Crippen molar-refractivity contribution in [2.24, 2.45) is 0 Å². The van der Waals surface area contributed by atoms with Crippen molar-refractivity contribution >= 4 is 49.5 Å². The number of benzene rings is 1.